The van der Waals surface area contributed by atoms with Crippen molar-refractivity contribution in [3.8, 4) is 0 Å². The normalized spacial score (nSPS) is 30.0. The SMILES string of the molecule is CO[C@@]1(C)C2C=C(C)CC1c1c(nc3ccccc3c1N)C2. The molecular formula is C19H22N2O. The fraction of sp³-hybridized carbons (Fsp3) is 0.421. The molecule has 2 N–H and O–H groups in total. The van der Waals surface area contributed by atoms with Crippen LogP contribution in [0.15, 0.2) is 35.9 Å². The highest BCUT2D eigenvalue weighted by atomic mass is 16.5. The minimum atomic E-state index is -0.190. The van der Waals surface area contributed by atoms with E-state index in [2.05, 4.69) is 26.0 Å². The lowest BCUT2D eigenvalue weighted by molar-refractivity contribution is -0.0618. The number of methoxy groups -OCH3 is 1. The van der Waals surface area contributed by atoms with E-state index >= 15 is 0 Å². The molecule has 2 bridgehead atoms. The highest BCUT2D eigenvalue weighted by Crippen LogP contribution is 2.53. The van der Waals surface area contributed by atoms with Gasteiger partial charge in [0.1, 0.15) is 0 Å². The molecule has 4 rings (SSSR count). The summed E-state index contributed by atoms with van der Waals surface area (Å²) in [4.78, 5) is 4.92. The molecule has 3 nitrogen and oxygen atoms in total. The van der Waals surface area contributed by atoms with E-state index in [4.69, 9.17) is 15.5 Å². The van der Waals surface area contributed by atoms with E-state index in [-0.39, 0.29) is 11.5 Å². The number of fused-ring (bicyclic) bond motifs is 5. The Bertz CT molecular complexity index is 795. The first-order valence-electron chi connectivity index (χ1n) is 7.94. The maximum atomic E-state index is 6.58. The Labute approximate surface area is 131 Å². The second kappa shape index (κ2) is 4.56. The number of hydrogen-bond acceptors (Lipinski definition) is 3. The molecule has 1 aromatic carbocycles. The minimum absolute atomic E-state index is 0.190. The third-order valence-corrected chi connectivity index (χ3v) is 5.69. The number of pyridine rings is 1. The Morgan fingerprint density at radius 3 is 2.82 bits per heavy atom. The van der Waals surface area contributed by atoms with Crippen LogP contribution in [0.5, 0.6) is 0 Å². The molecule has 0 amide bonds. The quantitative estimate of drug-likeness (QED) is 0.813. The standard InChI is InChI=1S/C19H22N2O/c1-11-8-12-10-16-17(14(9-11)19(12,2)22-3)18(20)13-6-4-5-7-15(13)21-16/h4-8,12,14H,9-10H2,1-3H3,(H2,20,21)/t12?,14?,19-/m0/s1. The number of aromatic nitrogens is 1. The van der Waals surface area contributed by atoms with Gasteiger partial charge >= 0.3 is 0 Å². The number of nitrogens with zero attached hydrogens (tertiary/aromatic N) is 1. The first-order chi connectivity index (χ1) is 10.5. The topological polar surface area (TPSA) is 48.1 Å². The monoisotopic (exact) mass is 294 g/mol. The first-order valence-corrected chi connectivity index (χ1v) is 7.94. The smallest absolute Gasteiger partial charge is 0.0789 e. The van der Waals surface area contributed by atoms with E-state index < -0.39 is 0 Å². The van der Waals surface area contributed by atoms with E-state index in [1.807, 2.05) is 25.3 Å². The zero-order valence-electron chi connectivity index (χ0n) is 13.4. The molecule has 2 unspecified atom stereocenters. The van der Waals surface area contributed by atoms with Gasteiger partial charge in [-0.25, -0.2) is 0 Å². The van der Waals surface area contributed by atoms with Gasteiger partial charge in [0.05, 0.1) is 11.1 Å². The maximum Gasteiger partial charge on any atom is 0.0789 e. The van der Waals surface area contributed by atoms with Gasteiger partial charge < -0.3 is 10.5 Å². The van der Waals surface area contributed by atoms with Crippen LogP contribution in [-0.2, 0) is 11.2 Å². The summed E-state index contributed by atoms with van der Waals surface area (Å²) >= 11 is 0. The lowest BCUT2D eigenvalue weighted by Gasteiger charge is -2.49. The van der Waals surface area contributed by atoms with Crippen LogP contribution in [0.25, 0.3) is 10.9 Å². The average molecular weight is 294 g/mol. The third-order valence-electron chi connectivity index (χ3n) is 5.69. The number of allylic oxidation sites excluding steroid dienone is 1. The van der Waals surface area contributed by atoms with E-state index in [0.29, 0.717) is 5.92 Å². The van der Waals surface area contributed by atoms with Crippen molar-refractivity contribution < 1.29 is 4.74 Å². The van der Waals surface area contributed by atoms with Gasteiger partial charge in [-0.2, -0.15) is 0 Å². The Kier molecular flexibility index (Phi) is 2.85. The molecule has 2 aromatic rings. The molecule has 3 heteroatoms. The lowest BCUT2D eigenvalue weighted by Crippen LogP contribution is -2.49. The van der Waals surface area contributed by atoms with Gasteiger partial charge in [0.2, 0.25) is 0 Å². The summed E-state index contributed by atoms with van der Waals surface area (Å²) in [5.41, 5.74) is 12.1. The molecule has 0 aliphatic heterocycles. The number of anilines is 1. The molecule has 3 atom stereocenters. The molecule has 1 heterocycles. The van der Waals surface area contributed by atoms with Crippen molar-refractivity contribution >= 4 is 16.6 Å². The van der Waals surface area contributed by atoms with Gasteiger partial charge in [-0.1, -0.05) is 29.8 Å². The molecule has 114 valence electrons. The van der Waals surface area contributed by atoms with Crippen molar-refractivity contribution in [3.05, 3.63) is 47.2 Å². The predicted octanol–water partition coefficient (Wildman–Crippen LogP) is 3.83. The number of nitrogen functional groups attached to an aromatic ring is 1. The summed E-state index contributed by atoms with van der Waals surface area (Å²) in [5, 5.41) is 1.06. The summed E-state index contributed by atoms with van der Waals surface area (Å²) in [6.07, 6.45) is 4.27. The van der Waals surface area contributed by atoms with Gasteiger partial charge in [0.25, 0.3) is 0 Å². The summed E-state index contributed by atoms with van der Waals surface area (Å²) in [6, 6.07) is 8.17. The fourth-order valence-corrected chi connectivity index (χ4v) is 4.36. The summed E-state index contributed by atoms with van der Waals surface area (Å²) in [6.45, 7) is 4.44. The van der Waals surface area contributed by atoms with Gasteiger partial charge in [-0.3, -0.25) is 4.98 Å². The maximum absolute atomic E-state index is 6.58. The number of nitrogens with two attached hydrogens (primary N) is 1. The Balaban J connectivity index is 2.01. The molecule has 0 saturated heterocycles. The molecule has 22 heavy (non-hydrogen) atoms. The van der Waals surface area contributed by atoms with E-state index in [9.17, 15) is 0 Å². The van der Waals surface area contributed by atoms with Crippen LogP contribution in [-0.4, -0.2) is 17.7 Å². The second-order valence-corrected chi connectivity index (χ2v) is 6.87. The van der Waals surface area contributed by atoms with Crippen LogP contribution in [0.2, 0.25) is 0 Å². The third kappa shape index (κ3) is 1.69. The Morgan fingerprint density at radius 2 is 2.05 bits per heavy atom. The van der Waals surface area contributed by atoms with E-state index in [1.165, 1.54) is 11.1 Å². The van der Waals surface area contributed by atoms with Crippen LogP contribution >= 0.6 is 0 Å². The molecule has 2 aliphatic carbocycles. The number of rotatable bonds is 1. The highest BCUT2D eigenvalue weighted by molar-refractivity contribution is 5.92. The van der Waals surface area contributed by atoms with Crippen LogP contribution in [0.4, 0.5) is 5.69 Å². The second-order valence-electron chi connectivity index (χ2n) is 6.87. The fourth-order valence-electron chi connectivity index (χ4n) is 4.36. The Morgan fingerprint density at radius 1 is 1.27 bits per heavy atom. The molecule has 2 aliphatic rings. The van der Waals surface area contributed by atoms with Gasteiger partial charge in [-0.05, 0) is 32.8 Å². The average Bonchev–Trinajstić information content (AvgIpc) is 2.50. The summed E-state index contributed by atoms with van der Waals surface area (Å²) < 4.78 is 5.99. The van der Waals surface area contributed by atoms with Crippen LogP contribution in [0.1, 0.15) is 37.4 Å². The largest absolute Gasteiger partial charge is 0.398 e. The van der Waals surface area contributed by atoms with Crippen molar-refractivity contribution in [1.82, 2.24) is 4.98 Å². The highest BCUT2D eigenvalue weighted by Gasteiger charge is 2.49. The summed E-state index contributed by atoms with van der Waals surface area (Å²) in [5.74, 6) is 0.658. The molecule has 0 saturated carbocycles. The van der Waals surface area contributed by atoms with Gasteiger partial charge in [0, 0.05) is 41.3 Å². The van der Waals surface area contributed by atoms with E-state index in [0.717, 1.165) is 35.1 Å². The number of benzene rings is 1. The van der Waals surface area contributed by atoms with Crippen molar-refractivity contribution in [2.75, 3.05) is 12.8 Å². The summed E-state index contributed by atoms with van der Waals surface area (Å²) in [7, 11) is 1.82. The van der Waals surface area contributed by atoms with Crippen molar-refractivity contribution in [3.63, 3.8) is 0 Å². The molecule has 1 aromatic heterocycles. The Hall–Kier alpha value is -1.87. The van der Waals surface area contributed by atoms with E-state index in [1.54, 1.807) is 0 Å². The molecule has 0 spiro atoms. The minimum Gasteiger partial charge on any atom is -0.398 e. The first kappa shape index (κ1) is 13.8. The predicted molar refractivity (Wildman–Crippen MR) is 89.9 cm³/mol. The molecule has 0 fully saturated rings. The zero-order chi connectivity index (χ0) is 15.5. The van der Waals surface area contributed by atoms with Crippen molar-refractivity contribution in [1.29, 1.82) is 0 Å². The van der Waals surface area contributed by atoms with Crippen molar-refractivity contribution in [2.24, 2.45) is 5.92 Å². The van der Waals surface area contributed by atoms with Crippen LogP contribution < -0.4 is 5.73 Å². The lowest BCUT2D eigenvalue weighted by atomic mass is 9.61. The molecule has 0 radical (unpaired) electrons. The number of hydrogen-bond donors (Lipinski definition) is 1. The van der Waals surface area contributed by atoms with Crippen molar-refractivity contribution in [2.45, 2.75) is 38.2 Å². The van der Waals surface area contributed by atoms with Gasteiger partial charge in [0.15, 0.2) is 0 Å². The van der Waals surface area contributed by atoms with Crippen LogP contribution in [0.3, 0.4) is 0 Å². The number of para-hydroxylation sites is 1. The zero-order valence-corrected chi connectivity index (χ0v) is 13.4. The number of ether oxygens (including phenoxy) is 1. The molecular weight excluding hydrogens is 272 g/mol. The van der Waals surface area contributed by atoms with Gasteiger partial charge in [-0.15, -0.1) is 0 Å². The van der Waals surface area contributed by atoms with Crippen LogP contribution in [0, 0.1) is 5.92 Å².